The summed E-state index contributed by atoms with van der Waals surface area (Å²) in [7, 11) is 0. The maximum absolute atomic E-state index is 12.6. The Morgan fingerprint density at radius 3 is 2.80 bits per heavy atom. The number of allylic oxidation sites excluding steroid dienone is 1. The van der Waals surface area contributed by atoms with Crippen molar-refractivity contribution in [1.29, 1.82) is 0 Å². The van der Waals surface area contributed by atoms with Gasteiger partial charge in [-0.2, -0.15) is 0 Å². The second-order valence-corrected chi connectivity index (χ2v) is 5.26. The SMILES string of the molecule is CC1NN2C=COC=C2C(C(C)c2ccccc2)C1=O. The van der Waals surface area contributed by atoms with E-state index in [9.17, 15) is 4.79 Å². The van der Waals surface area contributed by atoms with Gasteiger partial charge in [-0.05, 0) is 18.4 Å². The first kappa shape index (κ1) is 12.9. The highest BCUT2D eigenvalue weighted by atomic mass is 16.5. The third kappa shape index (κ3) is 2.12. The number of hydrazine groups is 1. The summed E-state index contributed by atoms with van der Waals surface area (Å²) in [6.07, 6.45) is 5.06. The summed E-state index contributed by atoms with van der Waals surface area (Å²) in [5, 5.41) is 1.89. The molecule has 1 N–H and O–H groups in total. The van der Waals surface area contributed by atoms with Crippen molar-refractivity contribution in [2.45, 2.75) is 25.8 Å². The molecule has 1 saturated heterocycles. The number of hydrogen-bond acceptors (Lipinski definition) is 4. The van der Waals surface area contributed by atoms with Gasteiger partial charge in [0.2, 0.25) is 0 Å². The lowest BCUT2D eigenvalue weighted by atomic mass is 9.79. The molecule has 104 valence electrons. The summed E-state index contributed by atoms with van der Waals surface area (Å²) in [6, 6.07) is 9.92. The third-order valence-electron chi connectivity index (χ3n) is 3.97. The minimum absolute atomic E-state index is 0.108. The van der Waals surface area contributed by atoms with Gasteiger partial charge < -0.3 is 4.74 Å². The molecule has 2 heterocycles. The van der Waals surface area contributed by atoms with Gasteiger partial charge in [-0.25, -0.2) is 5.43 Å². The van der Waals surface area contributed by atoms with Crippen LogP contribution in [0.5, 0.6) is 0 Å². The summed E-state index contributed by atoms with van der Waals surface area (Å²) in [4.78, 5) is 12.6. The van der Waals surface area contributed by atoms with Gasteiger partial charge >= 0.3 is 0 Å². The smallest absolute Gasteiger partial charge is 0.161 e. The van der Waals surface area contributed by atoms with Crippen LogP contribution < -0.4 is 5.43 Å². The minimum atomic E-state index is -0.203. The first-order chi connectivity index (χ1) is 9.68. The number of carbonyl (C=O) groups excluding carboxylic acids is 1. The van der Waals surface area contributed by atoms with Gasteiger partial charge in [-0.15, -0.1) is 0 Å². The summed E-state index contributed by atoms with van der Waals surface area (Å²) < 4.78 is 5.26. The summed E-state index contributed by atoms with van der Waals surface area (Å²) >= 11 is 0. The van der Waals surface area contributed by atoms with Gasteiger partial charge in [0, 0.05) is 0 Å². The van der Waals surface area contributed by atoms with Crippen LogP contribution in [0.4, 0.5) is 0 Å². The molecule has 4 nitrogen and oxygen atoms in total. The number of ketones is 1. The molecule has 0 saturated carbocycles. The largest absolute Gasteiger partial charge is 0.469 e. The Hall–Kier alpha value is -2.07. The number of carbonyl (C=O) groups is 1. The molecule has 0 radical (unpaired) electrons. The van der Waals surface area contributed by atoms with Crippen molar-refractivity contribution in [2.75, 3.05) is 0 Å². The lowest BCUT2D eigenvalue weighted by Gasteiger charge is -2.40. The average Bonchev–Trinajstić information content (AvgIpc) is 2.49. The Morgan fingerprint density at radius 2 is 2.05 bits per heavy atom. The number of Topliss-reactive ketones (excluding diaryl/α,β-unsaturated/α-hetero) is 1. The zero-order valence-corrected chi connectivity index (χ0v) is 11.6. The number of ether oxygens (including phenoxy) is 1. The highest BCUT2D eigenvalue weighted by Crippen LogP contribution is 2.36. The summed E-state index contributed by atoms with van der Waals surface area (Å²) in [6.45, 7) is 3.99. The zero-order valence-electron chi connectivity index (χ0n) is 11.6. The van der Waals surface area contributed by atoms with Crippen LogP contribution in [-0.4, -0.2) is 16.8 Å². The number of rotatable bonds is 2. The minimum Gasteiger partial charge on any atom is -0.469 e. The molecule has 0 amide bonds. The lowest BCUT2D eigenvalue weighted by Crippen LogP contribution is -2.55. The van der Waals surface area contributed by atoms with E-state index in [0.717, 1.165) is 11.3 Å². The van der Waals surface area contributed by atoms with Crippen LogP contribution in [-0.2, 0) is 9.53 Å². The summed E-state index contributed by atoms with van der Waals surface area (Å²) in [5.74, 6) is 0.110. The Bertz CT molecular complexity index is 565. The van der Waals surface area contributed by atoms with Crippen LogP contribution in [0.3, 0.4) is 0 Å². The maximum atomic E-state index is 12.6. The monoisotopic (exact) mass is 270 g/mol. The third-order valence-corrected chi connectivity index (χ3v) is 3.97. The predicted molar refractivity (Wildman–Crippen MR) is 76.1 cm³/mol. The molecule has 0 bridgehead atoms. The number of benzene rings is 1. The predicted octanol–water partition coefficient (Wildman–Crippen LogP) is 2.53. The molecule has 1 fully saturated rings. The molecular formula is C16H18N2O2. The second-order valence-electron chi connectivity index (χ2n) is 5.26. The van der Waals surface area contributed by atoms with Gasteiger partial charge in [-0.1, -0.05) is 37.3 Å². The van der Waals surface area contributed by atoms with Gasteiger partial charge in [0.15, 0.2) is 5.78 Å². The molecule has 3 rings (SSSR count). The molecule has 0 aliphatic carbocycles. The van der Waals surface area contributed by atoms with E-state index < -0.39 is 0 Å². The van der Waals surface area contributed by atoms with E-state index in [1.807, 2.05) is 36.3 Å². The second kappa shape index (κ2) is 5.13. The van der Waals surface area contributed by atoms with Crippen molar-refractivity contribution < 1.29 is 9.53 Å². The highest BCUT2D eigenvalue weighted by Gasteiger charge is 2.40. The van der Waals surface area contributed by atoms with E-state index in [2.05, 4.69) is 24.5 Å². The van der Waals surface area contributed by atoms with Crippen LogP contribution in [0.15, 0.2) is 54.8 Å². The van der Waals surface area contributed by atoms with Gasteiger partial charge in [0.05, 0.1) is 23.9 Å². The van der Waals surface area contributed by atoms with Crippen molar-refractivity contribution in [3.63, 3.8) is 0 Å². The molecule has 3 unspecified atom stereocenters. The molecule has 1 aromatic rings. The molecule has 4 heteroatoms. The van der Waals surface area contributed by atoms with Crippen LogP contribution in [0.1, 0.15) is 25.3 Å². The quantitative estimate of drug-likeness (QED) is 0.896. The molecule has 2 aliphatic heterocycles. The standard InChI is InChI=1S/C16H18N2O2/c1-11(13-6-4-3-5-7-13)15-14-10-20-9-8-18(14)17-12(2)16(15)19/h3-12,15,17H,1-2H3. The number of hydrogen-bond donors (Lipinski definition) is 1. The Labute approximate surface area is 118 Å². The van der Waals surface area contributed by atoms with E-state index in [1.54, 1.807) is 12.5 Å². The first-order valence-electron chi connectivity index (χ1n) is 6.85. The average molecular weight is 270 g/mol. The molecular weight excluding hydrogens is 252 g/mol. The number of fused-ring (bicyclic) bond motifs is 1. The Morgan fingerprint density at radius 1 is 1.30 bits per heavy atom. The fourth-order valence-corrected chi connectivity index (χ4v) is 2.83. The number of nitrogens with zero attached hydrogens (tertiary/aromatic N) is 1. The topological polar surface area (TPSA) is 41.6 Å². The molecule has 3 atom stereocenters. The summed E-state index contributed by atoms with van der Waals surface area (Å²) in [5.41, 5.74) is 5.18. The van der Waals surface area contributed by atoms with Crippen molar-refractivity contribution in [3.8, 4) is 0 Å². The van der Waals surface area contributed by atoms with Crippen molar-refractivity contribution in [3.05, 3.63) is 60.3 Å². The fourth-order valence-electron chi connectivity index (χ4n) is 2.83. The van der Waals surface area contributed by atoms with Crippen LogP contribution in [0, 0.1) is 5.92 Å². The lowest BCUT2D eigenvalue weighted by molar-refractivity contribution is -0.128. The van der Waals surface area contributed by atoms with Crippen LogP contribution in [0.2, 0.25) is 0 Å². The molecule has 0 aromatic heterocycles. The molecule has 0 spiro atoms. The maximum Gasteiger partial charge on any atom is 0.161 e. The fraction of sp³-hybridized carbons (Fsp3) is 0.312. The molecule has 20 heavy (non-hydrogen) atoms. The highest BCUT2D eigenvalue weighted by molar-refractivity contribution is 5.90. The van der Waals surface area contributed by atoms with E-state index in [4.69, 9.17) is 4.74 Å². The van der Waals surface area contributed by atoms with Gasteiger partial charge in [0.25, 0.3) is 0 Å². The van der Waals surface area contributed by atoms with Crippen LogP contribution in [0.25, 0.3) is 0 Å². The number of nitrogens with one attached hydrogen (secondary N) is 1. The Balaban J connectivity index is 1.96. The normalized spacial score (nSPS) is 26.6. The van der Waals surface area contributed by atoms with Crippen molar-refractivity contribution >= 4 is 5.78 Å². The van der Waals surface area contributed by atoms with E-state index in [0.29, 0.717) is 0 Å². The van der Waals surface area contributed by atoms with E-state index in [-0.39, 0.29) is 23.7 Å². The first-order valence-corrected chi connectivity index (χ1v) is 6.85. The Kier molecular flexibility index (Phi) is 3.32. The molecule has 1 aromatic carbocycles. The van der Waals surface area contributed by atoms with Crippen LogP contribution >= 0.6 is 0 Å². The van der Waals surface area contributed by atoms with E-state index in [1.165, 1.54) is 0 Å². The van der Waals surface area contributed by atoms with Gasteiger partial charge in [-0.3, -0.25) is 9.80 Å². The van der Waals surface area contributed by atoms with E-state index >= 15 is 0 Å². The van der Waals surface area contributed by atoms with Crippen molar-refractivity contribution in [2.24, 2.45) is 5.92 Å². The zero-order chi connectivity index (χ0) is 14.1. The molecule has 2 aliphatic rings. The van der Waals surface area contributed by atoms with Gasteiger partial charge in [0.1, 0.15) is 12.5 Å². The van der Waals surface area contributed by atoms with Crippen molar-refractivity contribution in [1.82, 2.24) is 10.4 Å².